The minimum absolute atomic E-state index is 0.0334. The maximum atomic E-state index is 12.8. The van der Waals surface area contributed by atoms with Crippen LogP contribution in [0.15, 0.2) is 84.9 Å². The average Bonchev–Trinajstić information content (AvgIpc) is 3.65. The van der Waals surface area contributed by atoms with Gasteiger partial charge in [0.2, 0.25) is 0 Å². The second kappa shape index (κ2) is 6.87. The number of hydrogen-bond acceptors (Lipinski definition) is 4. The van der Waals surface area contributed by atoms with Crippen molar-refractivity contribution < 1.29 is 18.9 Å². The largest absolute Gasteiger partial charge is 0.358 e. The van der Waals surface area contributed by atoms with Crippen LogP contribution >= 0.6 is 7.37 Å². The molecular weight excluding hydrogens is 373 g/mol. The maximum absolute atomic E-state index is 12.8. The number of ether oxygens (including phenoxy) is 2. The van der Waals surface area contributed by atoms with E-state index in [0.29, 0.717) is 5.30 Å². The lowest BCUT2D eigenvalue weighted by Crippen LogP contribution is -2.08. The van der Waals surface area contributed by atoms with Gasteiger partial charge in [0.25, 0.3) is 7.37 Å². The first-order valence-electron chi connectivity index (χ1n) is 9.23. The molecule has 2 aliphatic heterocycles. The van der Waals surface area contributed by atoms with Gasteiger partial charge in [0.05, 0.1) is 0 Å². The Hall–Kier alpha value is -2.43. The van der Waals surface area contributed by atoms with Crippen LogP contribution in [0.3, 0.4) is 0 Å². The lowest BCUT2D eigenvalue weighted by atomic mass is 10.1. The van der Waals surface area contributed by atoms with E-state index in [1.54, 1.807) is 24.3 Å². The molecule has 0 saturated carbocycles. The van der Waals surface area contributed by atoms with Gasteiger partial charge in [-0.05, 0) is 35.4 Å². The molecule has 3 aromatic rings. The predicted molar refractivity (Wildman–Crippen MR) is 108 cm³/mol. The highest BCUT2D eigenvalue weighted by Gasteiger charge is 2.53. The Morgan fingerprint density at radius 3 is 2.04 bits per heavy atom. The third-order valence-electron chi connectivity index (χ3n) is 5.11. The Morgan fingerprint density at radius 1 is 0.750 bits per heavy atom. The molecule has 5 nitrogen and oxygen atoms in total. The van der Waals surface area contributed by atoms with E-state index in [4.69, 9.17) is 9.47 Å². The first kappa shape index (κ1) is 17.7. The molecule has 0 aromatic heterocycles. The van der Waals surface area contributed by atoms with Crippen LogP contribution in [-0.4, -0.2) is 17.0 Å². The topological polar surface area (TPSA) is 74.4 Å². The Morgan fingerprint density at radius 2 is 1.36 bits per heavy atom. The van der Waals surface area contributed by atoms with Crippen LogP contribution in [0.5, 0.6) is 0 Å². The van der Waals surface area contributed by atoms with Gasteiger partial charge in [0.1, 0.15) is 12.2 Å². The summed E-state index contributed by atoms with van der Waals surface area (Å²) in [6.07, 6.45) is -0.309. The van der Waals surface area contributed by atoms with E-state index in [1.165, 1.54) is 0 Å². The molecular formula is C22H20NO4P. The third-order valence-corrected chi connectivity index (χ3v) is 7.23. The quantitative estimate of drug-likeness (QED) is 0.485. The molecule has 0 aliphatic carbocycles. The van der Waals surface area contributed by atoms with Gasteiger partial charge in [-0.2, -0.15) is 0 Å². The molecule has 6 heteroatoms. The van der Waals surface area contributed by atoms with Gasteiger partial charge >= 0.3 is 0 Å². The van der Waals surface area contributed by atoms with Gasteiger partial charge in [-0.25, -0.2) is 0 Å². The summed E-state index contributed by atoms with van der Waals surface area (Å²) in [6, 6.07) is 26.6. The van der Waals surface area contributed by atoms with E-state index in [9.17, 15) is 9.46 Å². The maximum Gasteiger partial charge on any atom is 0.260 e. The van der Waals surface area contributed by atoms with Crippen molar-refractivity contribution in [3.05, 3.63) is 96.1 Å². The van der Waals surface area contributed by atoms with Gasteiger partial charge in [-0.15, -0.1) is 0 Å². The van der Waals surface area contributed by atoms with Crippen molar-refractivity contribution in [2.24, 2.45) is 0 Å². The fraction of sp³-hybridized carbons (Fsp3) is 0.182. The minimum atomic E-state index is -3.55. The predicted octanol–water partition coefficient (Wildman–Crippen LogP) is 4.19. The van der Waals surface area contributed by atoms with E-state index in [-0.39, 0.29) is 18.4 Å². The molecule has 2 saturated heterocycles. The van der Waals surface area contributed by atoms with Crippen LogP contribution in [0.2, 0.25) is 0 Å². The molecule has 2 aliphatic rings. The van der Waals surface area contributed by atoms with Crippen LogP contribution in [0.4, 0.5) is 5.69 Å². The molecule has 0 spiro atoms. The van der Waals surface area contributed by atoms with Crippen LogP contribution in [0, 0.1) is 0 Å². The molecule has 28 heavy (non-hydrogen) atoms. The second-order valence-corrected chi connectivity index (χ2v) is 9.33. The molecule has 0 amide bonds. The monoisotopic (exact) mass is 393 g/mol. The molecule has 3 aromatic carbocycles. The Balaban J connectivity index is 1.22. The van der Waals surface area contributed by atoms with Crippen molar-refractivity contribution in [1.29, 1.82) is 0 Å². The number of epoxide rings is 2. The van der Waals surface area contributed by atoms with Crippen LogP contribution in [-0.2, 0) is 14.0 Å². The fourth-order valence-corrected chi connectivity index (χ4v) is 5.18. The Kier molecular flexibility index (Phi) is 4.33. The van der Waals surface area contributed by atoms with Crippen molar-refractivity contribution in [2.45, 2.75) is 24.3 Å². The normalized spacial score (nSPS) is 27.6. The summed E-state index contributed by atoms with van der Waals surface area (Å²) in [4.78, 5) is 10.5. The summed E-state index contributed by atoms with van der Waals surface area (Å²) in [6.45, 7) is 0. The van der Waals surface area contributed by atoms with Gasteiger partial charge < -0.3 is 19.7 Å². The fourth-order valence-electron chi connectivity index (χ4n) is 3.45. The summed E-state index contributed by atoms with van der Waals surface area (Å²) in [7, 11) is -3.55. The minimum Gasteiger partial charge on any atom is -0.358 e. The summed E-state index contributed by atoms with van der Waals surface area (Å²) < 4.78 is 24.0. The average molecular weight is 393 g/mol. The molecule has 0 radical (unpaired) electrons. The molecule has 5 rings (SSSR count). The molecule has 5 unspecified atom stereocenters. The molecule has 2 heterocycles. The van der Waals surface area contributed by atoms with E-state index in [2.05, 4.69) is 17.4 Å². The van der Waals surface area contributed by atoms with Crippen LogP contribution in [0.25, 0.3) is 0 Å². The molecule has 2 fully saturated rings. The van der Waals surface area contributed by atoms with Crippen molar-refractivity contribution in [1.82, 2.24) is 0 Å². The standard InChI is InChI=1S/C22H20NO4P/c24-28(25,18-9-5-2-6-10-18)22-20(27-22)16-11-13-17(14-12-16)23-21-19(26-21)15-7-3-1-4-8-15/h1-14,19-23H,(H,24,25). The molecule has 0 bridgehead atoms. The SMILES string of the molecule is O=P(O)(c1ccccc1)C1OC1c1ccc(NC2OC2c2ccccc2)cc1. The van der Waals surface area contributed by atoms with E-state index >= 15 is 0 Å². The summed E-state index contributed by atoms with van der Waals surface area (Å²) >= 11 is 0. The lowest BCUT2D eigenvalue weighted by Gasteiger charge is -2.09. The van der Waals surface area contributed by atoms with Gasteiger partial charge in [-0.3, -0.25) is 4.57 Å². The molecule has 5 atom stereocenters. The van der Waals surface area contributed by atoms with Gasteiger partial charge in [0.15, 0.2) is 12.1 Å². The highest BCUT2D eigenvalue weighted by molar-refractivity contribution is 7.66. The lowest BCUT2D eigenvalue weighted by molar-refractivity contribution is 0.385. The van der Waals surface area contributed by atoms with E-state index < -0.39 is 13.2 Å². The van der Waals surface area contributed by atoms with Crippen molar-refractivity contribution in [2.75, 3.05) is 5.32 Å². The van der Waals surface area contributed by atoms with Crippen LogP contribution in [0.1, 0.15) is 23.3 Å². The first-order chi connectivity index (χ1) is 13.6. The smallest absolute Gasteiger partial charge is 0.260 e. The Labute approximate surface area is 163 Å². The number of nitrogens with one attached hydrogen (secondary N) is 1. The third kappa shape index (κ3) is 3.38. The van der Waals surface area contributed by atoms with E-state index in [1.807, 2.05) is 48.5 Å². The number of hydrogen-bond donors (Lipinski definition) is 2. The zero-order valence-corrected chi connectivity index (χ0v) is 15.9. The zero-order chi connectivity index (χ0) is 19.1. The summed E-state index contributed by atoms with van der Waals surface area (Å²) in [5.41, 5.74) is 3.00. The number of anilines is 1. The highest BCUT2D eigenvalue weighted by atomic mass is 31.2. The Bertz CT molecular complexity index is 1010. The van der Waals surface area contributed by atoms with E-state index in [0.717, 1.165) is 16.8 Å². The van der Waals surface area contributed by atoms with Gasteiger partial charge in [0, 0.05) is 11.0 Å². The number of benzene rings is 3. The second-order valence-electron chi connectivity index (χ2n) is 7.06. The van der Waals surface area contributed by atoms with Crippen LogP contribution < -0.4 is 10.6 Å². The zero-order valence-electron chi connectivity index (χ0n) is 15.0. The number of rotatable bonds is 6. The molecule has 2 N–H and O–H groups in total. The molecule has 142 valence electrons. The summed E-state index contributed by atoms with van der Waals surface area (Å²) in [5, 5.41) is 3.78. The van der Waals surface area contributed by atoms with Crippen molar-refractivity contribution in [3.8, 4) is 0 Å². The van der Waals surface area contributed by atoms with Crippen molar-refractivity contribution in [3.63, 3.8) is 0 Å². The summed E-state index contributed by atoms with van der Waals surface area (Å²) in [5.74, 6) is -0.678. The first-order valence-corrected chi connectivity index (χ1v) is 11.0. The van der Waals surface area contributed by atoms with Gasteiger partial charge in [-0.1, -0.05) is 60.7 Å². The van der Waals surface area contributed by atoms with Crippen molar-refractivity contribution >= 4 is 18.4 Å². The highest BCUT2D eigenvalue weighted by Crippen LogP contribution is 2.61.